The van der Waals surface area contributed by atoms with Gasteiger partial charge in [-0.05, 0) is 35.1 Å². The molecule has 0 saturated heterocycles. The molecule has 0 bridgehead atoms. The maximum absolute atomic E-state index is 10.9. The lowest BCUT2D eigenvalue weighted by Crippen LogP contribution is -2.22. The monoisotopic (exact) mass is 250 g/mol. The Hall–Kier alpha value is -1.86. The normalized spacial score (nSPS) is 21.1. The molecule has 3 rings (SSSR count). The van der Waals surface area contributed by atoms with Crippen molar-refractivity contribution in [1.82, 2.24) is 0 Å². The molecule has 1 aliphatic carbocycles. The SMILES string of the molecule is C=C(CC1(O)CCc2ccccc21)c1ccccc1. The van der Waals surface area contributed by atoms with Crippen LogP contribution in [0.5, 0.6) is 0 Å². The van der Waals surface area contributed by atoms with Crippen molar-refractivity contribution in [2.45, 2.75) is 24.9 Å². The summed E-state index contributed by atoms with van der Waals surface area (Å²) in [5.74, 6) is 0. The number of fused-ring (bicyclic) bond motifs is 1. The summed E-state index contributed by atoms with van der Waals surface area (Å²) < 4.78 is 0. The van der Waals surface area contributed by atoms with Crippen molar-refractivity contribution in [2.75, 3.05) is 0 Å². The molecule has 1 unspecified atom stereocenters. The van der Waals surface area contributed by atoms with Crippen molar-refractivity contribution < 1.29 is 5.11 Å². The van der Waals surface area contributed by atoms with E-state index in [9.17, 15) is 5.11 Å². The number of aliphatic hydroxyl groups is 1. The van der Waals surface area contributed by atoms with E-state index < -0.39 is 5.60 Å². The summed E-state index contributed by atoms with van der Waals surface area (Å²) in [5.41, 5.74) is 3.71. The lowest BCUT2D eigenvalue weighted by molar-refractivity contribution is 0.0443. The summed E-state index contributed by atoms with van der Waals surface area (Å²) in [4.78, 5) is 0. The molecule has 0 saturated carbocycles. The van der Waals surface area contributed by atoms with Crippen molar-refractivity contribution in [3.8, 4) is 0 Å². The van der Waals surface area contributed by atoms with Gasteiger partial charge in [0.2, 0.25) is 0 Å². The van der Waals surface area contributed by atoms with Crippen LogP contribution in [0, 0.1) is 0 Å². The van der Waals surface area contributed by atoms with Crippen LogP contribution in [0.4, 0.5) is 0 Å². The number of hydrogen-bond donors (Lipinski definition) is 1. The molecule has 0 radical (unpaired) electrons. The van der Waals surface area contributed by atoms with Gasteiger partial charge in [0.1, 0.15) is 0 Å². The first-order chi connectivity index (χ1) is 9.19. The third kappa shape index (κ3) is 2.22. The topological polar surface area (TPSA) is 20.2 Å². The van der Waals surface area contributed by atoms with Gasteiger partial charge in [-0.15, -0.1) is 0 Å². The second-order valence-electron chi connectivity index (χ2n) is 5.34. The molecule has 0 amide bonds. The highest BCUT2D eigenvalue weighted by Gasteiger charge is 2.36. The van der Waals surface area contributed by atoms with Gasteiger partial charge >= 0.3 is 0 Å². The average molecular weight is 250 g/mol. The highest BCUT2D eigenvalue weighted by molar-refractivity contribution is 5.64. The first-order valence-electron chi connectivity index (χ1n) is 6.73. The molecule has 2 aromatic rings. The van der Waals surface area contributed by atoms with Gasteiger partial charge in [-0.3, -0.25) is 0 Å². The Balaban J connectivity index is 1.86. The van der Waals surface area contributed by atoms with Crippen LogP contribution in [0.3, 0.4) is 0 Å². The fourth-order valence-corrected chi connectivity index (χ4v) is 2.98. The number of rotatable bonds is 3. The summed E-state index contributed by atoms with van der Waals surface area (Å²) in [7, 11) is 0. The van der Waals surface area contributed by atoms with Crippen LogP contribution in [0.25, 0.3) is 5.57 Å². The van der Waals surface area contributed by atoms with E-state index in [0.29, 0.717) is 6.42 Å². The smallest absolute Gasteiger partial charge is 0.0942 e. The summed E-state index contributed by atoms with van der Waals surface area (Å²) in [6.07, 6.45) is 2.35. The third-order valence-electron chi connectivity index (χ3n) is 4.01. The Labute approximate surface area is 114 Å². The molecule has 1 nitrogen and oxygen atoms in total. The average Bonchev–Trinajstić information content (AvgIpc) is 2.78. The summed E-state index contributed by atoms with van der Waals surface area (Å²) in [5, 5.41) is 10.9. The molecule has 0 heterocycles. The molecule has 1 atom stereocenters. The van der Waals surface area contributed by atoms with Crippen LogP contribution in [0.15, 0.2) is 61.2 Å². The van der Waals surface area contributed by atoms with Gasteiger partial charge < -0.3 is 5.11 Å². The van der Waals surface area contributed by atoms with Crippen LogP contribution >= 0.6 is 0 Å². The fourth-order valence-electron chi connectivity index (χ4n) is 2.98. The van der Waals surface area contributed by atoms with Gasteiger partial charge in [-0.1, -0.05) is 61.2 Å². The zero-order valence-electron chi connectivity index (χ0n) is 11.0. The molecular weight excluding hydrogens is 232 g/mol. The minimum absolute atomic E-state index is 0.605. The summed E-state index contributed by atoms with van der Waals surface area (Å²) in [6.45, 7) is 4.15. The molecule has 0 fully saturated rings. The zero-order valence-corrected chi connectivity index (χ0v) is 11.0. The van der Waals surface area contributed by atoms with E-state index >= 15 is 0 Å². The van der Waals surface area contributed by atoms with E-state index in [-0.39, 0.29) is 0 Å². The molecule has 0 spiro atoms. The van der Waals surface area contributed by atoms with Gasteiger partial charge in [0, 0.05) is 6.42 Å². The van der Waals surface area contributed by atoms with Crippen LogP contribution < -0.4 is 0 Å². The summed E-state index contributed by atoms with van der Waals surface area (Å²) in [6, 6.07) is 18.3. The minimum atomic E-state index is -0.747. The minimum Gasteiger partial charge on any atom is -0.385 e. The molecule has 1 aliphatic rings. The highest BCUT2D eigenvalue weighted by atomic mass is 16.3. The molecular formula is C18H18O. The molecule has 1 heteroatoms. The van der Waals surface area contributed by atoms with Crippen molar-refractivity contribution in [2.24, 2.45) is 0 Å². The third-order valence-corrected chi connectivity index (χ3v) is 4.01. The van der Waals surface area contributed by atoms with Gasteiger partial charge in [-0.25, -0.2) is 0 Å². The van der Waals surface area contributed by atoms with Crippen LogP contribution in [-0.4, -0.2) is 5.11 Å². The van der Waals surface area contributed by atoms with Gasteiger partial charge in [0.05, 0.1) is 5.60 Å². The molecule has 1 N–H and O–H groups in total. The first kappa shape index (κ1) is 12.2. The Morgan fingerprint density at radius 1 is 1.05 bits per heavy atom. The Morgan fingerprint density at radius 2 is 1.74 bits per heavy atom. The predicted molar refractivity (Wildman–Crippen MR) is 78.8 cm³/mol. The van der Waals surface area contributed by atoms with E-state index in [0.717, 1.165) is 29.5 Å². The van der Waals surface area contributed by atoms with Crippen LogP contribution in [-0.2, 0) is 12.0 Å². The molecule has 19 heavy (non-hydrogen) atoms. The predicted octanol–water partition coefficient (Wildman–Crippen LogP) is 3.92. The van der Waals surface area contributed by atoms with Crippen LogP contribution in [0.1, 0.15) is 29.5 Å². The van der Waals surface area contributed by atoms with E-state index in [1.54, 1.807) is 0 Å². The Morgan fingerprint density at radius 3 is 2.53 bits per heavy atom. The lowest BCUT2D eigenvalue weighted by atomic mass is 9.87. The second kappa shape index (κ2) is 4.67. The van der Waals surface area contributed by atoms with E-state index in [4.69, 9.17) is 0 Å². The maximum atomic E-state index is 10.9. The number of aryl methyl sites for hydroxylation is 1. The molecule has 0 aliphatic heterocycles. The number of benzene rings is 2. The largest absolute Gasteiger partial charge is 0.385 e. The van der Waals surface area contributed by atoms with Crippen molar-refractivity contribution in [1.29, 1.82) is 0 Å². The van der Waals surface area contributed by atoms with Crippen molar-refractivity contribution in [3.05, 3.63) is 77.9 Å². The van der Waals surface area contributed by atoms with Gasteiger partial charge in [0.15, 0.2) is 0 Å². The number of hydrogen-bond acceptors (Lipinski definition) is 1. The fraction of sp³-hybridized carbons (Fsp3) is 0.222. The maximum Gasteiger partial charge on any atom is 0.0942 e. The van der Waals surface area contributed by atoms with Crippen molar-refractivity contribution in [3.63, 3.8) is 0 Å². The quantitative estimate of drug-likeness (QED) is 0.875. The molecule has 0 aromatic heterocycles. The van der Waals surface area contributed by atoms with Crippen LogP contribution in [0.2, 0.25) is 0 Å². The van der Waals surface area contributed by atoms with Gasteiger partial charge in [-0.2, -0.15) is 0 Å². The standard InChI is InChI=1S/C18H18O/c1-14(15-7-3-2-4-8-15)13-18(19)12-11-16-9-5-6-10-17(16)18/h2-10,19H,1,11-13H2. The lowest BCUT2D eigenvalue weighted by Gasteiger charge is -2.25. The van der Waals surface area contributed by atoms with E-state index in [1.165, 1.54) is 5.56 Å². The van der Waals surface area contributed by atoms with Crippen molar-refractivity contribution >= 4 is 5.57 Å². The highest BCUT2D eigenvalue weighted by Crippen LogP contribution is 2.42. The Kier molecular flexibility index (Phi) is 3.00. The zero-order chi connectivity index (χ0) is 13.3. The van der Waals surface area contributed by atoms with E-state index in [2.05, 4.69) is 12.6 Å². The Bertz CT molecular complexity index is 600. The first-order valence-corrected chi connectivity index (χ1v) is 6.73. The summed E-state index contributed by atoms with van der Waals surface area (Å²) >= 11 is 0. The second-order valence-corrected chi connectivity index (χ2v) is 5.34. The van der Waals surface area contributed by atoms with Gasteiger partial charge in [0.25, 0.3) is 0 Å². The molecule has 96 valence electrons. The van der Waals surface area contributed by atoms with E-state index in [1.807, 2.05) is 48.5 Å². The molecule has 2 aromatic carbocycles.